The molecule has 0 aliphatic carbocycles. The van der Waals surface area contributed by atoms with Crippen LogP contribution in [-0.4, -0.2) is 24.9 Å². The number of esters is 1. The lowest BCUT2D eigenvalue weighted by atomic mass is 9.90. The van der Waals surface area contributed by atoms with Gasteiger partial charge in [-0.1, -0.05) is 6.58 Å². The van der Waals surface area contributed by atoms with Crippen LogP contribution in [0.5, 0.6) is 0 Å². The Hall–Kier alpha value is -1.21. The molecule has 0 heterocycles. The minimum Gasteiger partial charge on any atom is -0.397 e. The Bertz CT molecular complexity index is 322. The molecule has 0 radical (unpaired) electrons. The van der Waals surface area contributed by atoms with Crippen molar-refractivity contribution in [3.05, 3.63) is 12.2 Å². The Morgan fingerprint density at radius 2 is 1.65 bits per heavy atom. The van der Waals surface area contributed by atoms with E-state index in [4.69, 9.17) is 0 Å². The van der Waals surface area contributed by atoms with E-state index in [1.165, 1.54) is 0 Å². The Labute approximate surface area is 93.2 Å². The highest BCUT2D eigenvalue weighted by Gasteiger charge is 2.69. The van der Waals surface area contributed by atoms with Gasteiger partial charge in [0.2, 0.25) is 0 Å². The van der Waals surface area contributed by atoms with Crippen molar-refractivity contribution in [1.82, 2.24) is 0 Å². The third-order valence-electron chi connectivity index (χ3n) is 2.10. The summed E-state index contributed by atoms with van der Waals surface area (Å²) >= 11 is 0. The van der Waals surface area contributed by atoms with E-state index in [2.05, 4.69) is 11.3 Å². The molecule has 0 aliphatic rings. The summed E-state index contributed by atoms with van der Waals surface area (Å²) in [6, 6.07) is 0. The zero-order chi connectivity index (χ0) is 14.1. The van der Waals surface area contributed by atoms with E-state index >= 15 is 0 Å². The highest BCUT2D eigenvalue weighted by molar-refractivity contribution is 5.87. The first kappa shape index (κ1) is 15.8. The third-order valence-corrected chi connectivity index (χ3v) is 2.10. The lowest BCUT2D eigenvalue weighted by Crippen LogP contribution is -2.53. The number of hydrogen-bond donors (Lipinski definition) is 0. The molecule has 0 saturated carbocycles. The molecule has 0 fully saturated rings. The lowest BCUT2D eigenvalue weighted by molar-refractivity contribution is -0.366. The monoisotopic (exact) mass is 264 g/mol. The molecule has 0 rings (SSSR count). The second kappa shape index (κ2) is 4.58. The van der Waals surface area contributed by atoms with Crippen molar-refractivity contribution in [3.63, 3.8) is 0 Å². The molecule has 0 aromatic heterocycles. The minimum atomic E-state index is -5.57. The molecule has 0 aromatic rings. The van der Waals surface area contributed by atoms with Gasteiger partial charge in [0.15, 0.2) is 5.41 Å². The van der Waals surface area contributed by atoms with Crippen LogP contribution in [0.2, 0.25) is 0 Å². The van der Waals surface area contributed by atoms with E-state index in [1.54, 1.807) is 0 Å². The predicted octanol–water partition coefficient (Wildman–Crippen LogP) is 3.24. The Morgan fingerprint density at radius 3 is 1.88 bits per heavy atom. The third kappa shape index (κ3) is 2.92. The quantitative estimate of drug-likeness (QED) is 0.442. The zero-order valence-corrected chi connectivity index (χ0v) is 9.00. The maximum Gasteiger partial charge on any atom is 0.416 e. The van der Waals surface area contributed by atoms with Gasteiger partial charge in [-0.15, -0.1) is 0 Å². The standard InChI is InChI=1S/C9H10F6O2/c1-5(2)6(16)17-9(14,15)7(3,4-10)8(11,12)13/h1,4H2,2-3H3. The summed E-state index contributed by atoms with van der Waals surface area (Å²) < 4.78 is 78.8. The van der Waals surface area contributed by atoms with Gasteiger partial charge in [0, 0.05) is 5.57 Å². The highest BCUT2D eigenvalue weighted by Crippen LogP contribution is 2.50. The fraction of sp³-hybridized carbons (Fsp3) is 0.667. The van der Waals surface area contributed by atoms with Crippen LogP contribution in [0.25, 0.3) is 0 Å². The van der Waals surface area contributed by atoms with Gasteiger partial charge in [0.1, 0.15) is 6.67 Å². The zero-order valence-electron chi connectivity index (χ0n) is 9.00. The summed E-state index contributed by atoms with van der Waals surface area (Å²) in [6.07, 6.45) is -10.6. The molecule has 0 N–H and O–H groups in total. The number of halogens is 6. The lowest BCUT2D eigenvalue weighted by Gasteiger charge is -2.35. The first-order valence-electron chi connectivity index (χ1n) is 4.28. The molecule has 1 atom stereocenters. The van der Waals surface area contributed by atoms with E-state index in [0.717, 1.165) is 6.92 Å². The fourth-order valence-corrected chi connectivity index (χ4v) is 0.635. The predicted molar refractivity (Wildman–Crippen MR) is 46.0 cm³/mol. The van der Waals surface area contributed by atoms with Crippen molar-refractivity contribution in [2.75, 3.05) is 6.67 Å². The van der Waals surface area contributed by atoms with E-state index in [9.17, 15) is 31.1 Å². The van der Waals surface area contributed by atoms with Crippen molar-refractivity contribution in [2.45, 2.75) is 26.1 Å². The summed E-state index contributed by atoms with van der Waals surface area (Å²) in [5.74, 6) is -1.72. The van der Waals surface area contributed by atoms with Crippen LogP contribution in [0.1, 0.15) is 13.8 Å². The van der Waals surface area contributed by atoms with E-state index < -0.39 is 35.9 Å². The normalized spacial score (nSPS) is 16.2. The molecule has 0 bridgehead atoms. The molecule has 8 heteroatoms. The van der Waals surface area contributed by atoms with E-state index in [0.29, 0.717) is 0 Å². The summed E-state index contributed by atoms with van der Waals surface area (Å²) in [4.78, 5) is 10.8. The second-order valence-electron chi connectivity index (χ2n) is 3.65. The van der Waals surface area contributed by atoms with Gasteiger partial charge in [0.05, 0.1) is 0 Å². The van der Waals surface area contributed by atoms with Crippen molar-refractivity contribution in [2.24, 2.45) is 5.41 Å². The fourth-order valence-electron chi connectivity index (χ4n) is 0.635. The highest BCUT2D eigenvalue weighted by atomic mass is 19.4. The van der Waals surface area contributed by atoms with Crippen LogP contribution in [-0.2, 0) is 9.53 Å². The average Bonchev–Trinajstić information content (AvgIpc) is 2.13. The molecule has 0 amide bonds. The van der Waals surface area contributed by atoms with Gasteiger partial charge in [-0.3, -0.25) is 0 Å². The number of hydrogen-bond acceptors (Lipinski definition) is 2. The Kier molecular flexibility index (Phi) is 4.25. The summed E-state index contributed by atoms with van der Waals surface area (Å²) in [5, 5.41) is 0. The minimum absolute atomic E-state index is 0.0707. The maximum atomic E-state index is 13.1. The Balaban J connectivity index is 5.27. The van der Waals surface area contributed by atoms with Crippen LogP contribution < -0.4 is 0 Å². The van der Waals surface area contributed by atoms with Crippen LogP contribution in [0.3, 0.4) is 0 Å². The van der Waals surface area contributed by atoms with Crippen molar-refractivity contribution in [1.29, 1.82) is 0 Å². The number of rotatable bonds is 4. The maximum absolute atomic E-state index is 13.1. The first-order valence-corrected chi connectivity index (χ1v) is 4.28. The largest absolute Gasteiger partial charge is 0.416 e. The molecule has 100 valence electrons. The molecule has 17 heavy (non-hydrogen) atoms. The smallest absolute Gasteiger partial charge is 0.397 e. The molecule has 0 saturated heterocycles. The SMILES string of the molecule is C=C(C)C(=O)OC(F)(F)C(C)(CF)C(F)(F)F. The number of ether oxygens (including phenoxy) is 1. The van der Waals surface area contributed by atoms with Crippen LogP contribution in [0.15, 0.2) is 12.2 Å². The van der Waals surface area contributed by atoms with Gasteiger partial charge in [-0.2, -0.15) is 22.0 Å². The average molecular weight is 264 g/mol. The molecular formula is C9H10F6O2. The number of alkyl halides is 6. The van der Waals surface area contributed by atoms with Gasteiger partial charge in [-0.25, -0.2) is 9.18 Å². The van der Waals surface area contributed by atoms with Gasteiger partial charge in [0.25, 0.3) is 0 Å². The second-order valence-corrected chi connectivity index (χ2v) is 3.65. The summed E-state index contributed by atoms with van der Waals surface area (Å²) in [5.41, 5.74) is -4.61. The summed E-state index contributed by atoms with van der Waals surface area (Å²) in [6.45, 7) is 1.40. The van der Waals surface area contributed by atoms with Crippen LogP contribution >= 0.6 is 0 Å². The van der Waals surface area contributed by atoms with Crippen molar-refractivity contribution in [3.8, 4) is 0 Å². The van der Waals surface area contributed by atoms with Crippen molar-refractivity contribution >= 4 is 5.97 Å². The van der Waals surface area contributed by atoms with Crippen molar-refractivity contribution < 1.29 is 35.9 Å². The molecule has 2 nitrogen and oxygen atoms in total. The number of carbonyl (C=O) groups is 1. The van der Waals surface area contributed by atoms with Gasteiger partial charge < -0.3 is 4.74 Å². The molecular weight excluding hydrogens is 254 g/mol. The van der Waals surface area contributed by atoms with Gasteiger partial charge in [-0.05, 0) is 13.8 Å². The van der Waals surface area contributed by atoms with Crippen LogP contribution in [0, 0.1) is 5.41 Å². The van der Waals surface area contributed by atoms with Gasteiger partial charge >= 0.3 is 18.3 Å². The van der Waals surface area contributed by atoms with E-state index in [1.807, 2.05) is 0 Å². The topological polar surface area (TPSA) is 26.3 Å². The molecule has 0 spiro atoms. The number of carbonyl (C=O) groups excluding carboxylic acids is 1. The van der Waals surface area contributed by atoms with E-state index in [-0.39, 0.29) is 6.92 Å². The Morgan fingerprint density at radius 1 is 1.24 bits per heavy atom. The first-order chi connectivity index (χ1) is 7.39. The van der Waals surface area contributed by atoms with Crippen LogP contribution in [0.4, 0.5) is 26.3 Å². The molecule has 1 unspecified atom stereocenters. The molecule has 0 aliphatic heterocycles. The molecule has 0 aromatic carbocycles. The summed E-state index contributed by atoms with van der Waals surface area (Å²) in [7, 11) is 0.